The van der Waals surface area contributed by atoms with Gasteiger partial charge in [0, 0.05) is 23.7 Å². The number of halogens is 1. The van der Waals surface area contributed by atoms with E-state index in [0.29, 0.717) is 10.6 Å². The third kappa shape index (κ3) is 2.51. The van der Waals surface area contributed by atoms with E-state index in [2.05, 4.69) is 13.0 Å². The minimum absolute atomic E-state index is 0.375. The summed E-state index contributed by atoms with van der Waals surface area (Å²) >= 11 is 6.10. The van der Waals surface area contributed by atoms with Crippen LogP contribution in [-0.4, -0.2) is 17.6 Å². The smallest absolute Gasteiger partial charge is 0.340 e. The Morgan fingerprint density at radius 1 is 1.47 bits per heavy atom. The van der Waals surface area contributed by atoms with Gasteiger partial charge < -0.3 is 9.30 Å². The number of ether oxygens (including phenoxy) is 1. The first-order valence-electron chi connectivity index (χ1n) is 6.12. The minimum atomic E-state index is -0.375. The number of aromatic nitrogens is 1. The van der Waals surface area contributed by atoms with E-state index in [0.717, 1.165) is 22.9 Å². The van der Waals surface area contributed by atoms with Gasteiger partial charge in [-0.2, -0.15) is 0 Å². The predicted molar refractivity (Wildman–Crippen MR) is 78.6 cm³/mol. The van der Waals surface area contributed by atoms with Crippen LogP contribution in [0.5, 0.6) is 0 Å². The second-order valence-corrected chi connectivity index (χ2v) is 4.78. The number of methoxy groups -OCH3 is 1. The van der Waals surface area contributed by atoms with E-state index >= 15 is 0 Å². The Bertz CT molecular complexity index is 656. The number of fused-ring (bicyclic) bond motifs is 1. The third-order valence-electron chi connectivity index (χ3n) is 3.01. The van der Waals surface area contributed by atoms with Crippen molar-refractivity contribution < 1.29 is 9.53 Å². The molecule has 0 unspecified atom stereocenters. The van der Waals surface area contributed by atoms with Crippen LogP contribution in [0.15, 0.2) is 24.4 Å². The van der Waals surface area contributed by atoms with E-state index in [9.17, 15) is 4.79 Å². The lowest BCUT2D eigenvalue weighted by molar-refractivity contribution is 0.0602. The van der Waals surface area contributed by atoms with Crippen LogP contribution in [0.3, 0.4) is 0 Å². The number of rotatable bonds is 3. The van der Waals surface area contributed by atoms with Crippen molar-refractivity contribution in [1.82, 2.24) is 4.57 Å². The lowest BCUT2D eigenvalue weighted by atomic mass is 10.1. The van der Waals surface area contributed by atoms with Gasteiger partial charge in [-0.25, -0.2) is 4.79 Å². The molecule has 0 spiro atoms. The average Bonchev–Trinajstić information content (AvgIpc) is 2.71. The second kappa shape index (κ2) is 5.49. The lowest BCUT2D eigenvalue weighted by Crippen LogP contribution is -2.04. The predicted octanol–water partition coefficient (Wildman–Crippen LogP) is 4.04. The molecule has 0 aliphatic rings. The fourth-order valence-corrected chi connectivity index (χ4v) is 2.40. The highest BCUT2D eigenvalue weighted by molar-refractivity contribution is 6.32. The van der Waals surface area contributed by atoms with E-state index in [1.807, 2.05) is 30.0 Å². The molecular weight excluding hydrogens is 262 g/mol. The molecule has 19 heavy (non-hydrogen) atoms. The van der Waals surface area contributed by atoms with Crippen LogP contribution in [0.2, 0.25) is 5.02 Å². The maximum Gasteiger partial charge on any atom is 0.340 e. The first-order valence-corrected chi connectivity index (χ1v) is 6.49. The highest BCUT2D eigenvalue weighted by atomic mass is 35.5. The summed E-state index contributed by atoms with van der Waals surface area (Å²) in [4.78, 5) is 11.8. The summed E-state index contributed by atoms with van der Waals surface area (Å²) in [7, 11) is 3.28. The first-order chi connectivity index (χ1) is 9.08. The molecule has 4 heteroatoms. The monoisotopic (exact) mass is 277 g/mol. The van der Waals surface area contributed by atoms with Crippen LogP contribution in [0.4, 0.5) is 0 Å². The number of benzene rings is 1. The van der Waals surface area contributed by atoms with Gasteiger partial charge in [0.25, 0.3) is 0 Å². The number of nitrogens with zero attached hydrogens (tertiary/aromatic N) is 1. The average molecular weight is 278 g/mol. The van der Waals surface area contributed by atoms with Gasteiger partial charge in [0.1, 0.15) is 0 Å². The molecule has 100 valence electrons. The molecule has 0 atom stereocenters. The summed E-state index contributed by atoms with van der Waals surface area (Å²) in [5.74, 6) is -0.375. The standard InChI is InChI=1S/C15H16ClNO2/c1-4-5-6-10-9-17(2)14-12(10)7-11(16)8-13(14)15(18)19-3/h5-9H,4H2,1-3H3/b6-5+. The van der Waals surface area contributed by atoms with Crippen molar-refractivity contribution in [3.8, 4) is 0 Å². The number of hydrogen-bond donors (Lipinski definition) is 0. The van der Waals surface area contributed by atoms with Crippen LogP contribution in [0.25, 0.3) is 17.0 Å². The van der Waals surface area contributed by atoms with Gasteiger partial charge in [0.2, 0.25) is 0 Å². The number of hydrogen-bond acceptors (Lipinski definition) is 2. The van der Waals surface area contributed by atoms with Gasteiger partial charge in [0.05, 0.1) is 18.2 Å². The van der Waals surface area contributed by atoms with Crippen LogP contribution in [0.1, 0.15) is 29.3 Å². The zero-order valence-electron chi connectivity index (χ0n) is 11.2. The number of esters is 1. The van der Waals surface area contributed by atoms with E-state index in [1.165, 1.54) is 7.11 Å². The van der Waals surface area contributed by atoms with E-state index in [-0.39, 0.29) is 5.97 Å². The molecule has 0 saturated heterocycles. The van der Waals surface area contributed by atoms with Gasteiger partial charge >= 0.3 is 5.97 Å². The molecule has 0 amide bonds. The van der Waals surface area contributed by atoms with Gasteiger partial charge in [-0.1, -0.05) is 30.7 Å². The van der Waals surface area contributed by atoms with Crippen molar-refractivity contribution in [1.29, 1.82) is 0 Å². The molecule has 0 bridgehead atoms. The van der Waals surface area contributed by atoms with Crippen LogP contribution in [0, 0.1) is 0 Å². The molecule has 0 N–H and O–H groups in total. The minimum Gasteiger partial charge on any atom is -0.465 e. The first kappa shape index (κ1) is 13.7. The summed E-state index contributed by atoms with van der Waals surface area (Å²) < 4.78 is 6.74. The largest absolute Gasteiger partial charge is 0.465 e. The van der Waals surface area contributed by atoms with E-state index in [1.54, 1.807) is 6.07 Å². The molecule has 2 rings (SSSR count). The van der Waals surface area contributed by atoms with E-state index in [4.69, 9.17) is 16.3 Å². The van der Waals surface area contributed by atoms with Crippen molar-refractivity contribution in [2.75, 3.05) is 7.11 Å². The normalized spacial score (nSPS) is 11.4. The van der Waals surface area contributed by atoms with Gasteiger partial charge in [-0.15, -0.1) is 0 Å². The van der Waals surface area contributed by atoms with Crippen molar-refractivity contribution in [3.63, 3.8) is 0 Å². The summed E-state index contributed by atoms with van der Waals surface area (Å²) in [6.45, 7) is 2.08. The summed E-state index contributed by atoms with van der Waals surface area (Å²) in [6.07, 6.45) is 7.06. The van der Waals surface area contributed by atoms with Crippen molar-refractivity contribution >= 4 is 34.5 Å². The van der Waals surface area contributed by atoms with Crippen LogP contribution in [-0.2, 0) is 11.8 Å². The van der Waals surface area contributed by atoms with E-state index < -0.39 is 0 Å². The fraction of sp³-hybridized carbons (Fsp3) is 0.267. The molecule has 0 aliphatic heterocycles. The second-order valence-electron chi connectivity index (χ2n) is 4.35. The zero-order chi connectivity index (χ0) is 14.0. The Morgan fingerprint density at radius 2 is 2.21 bits per heavy atom. The van der Waals surface area contributed by atoms with Gasteiger partial charge in [-0.05, 0) is 24.1 Å². The summed E-state index contributed by atoms with van der Waals surface area (Å²) in [5.41, 5.74) is 2.38. The zero-order valence-corrected chi connectivity index (χ0v) is 12.0. The molecular formula is C15H16ClNO2. The Kier molecular flexibility index (Phi) is 3.96. The van der Waals surface area contributed by atoms with Crippen molar-refractivity contribution in [2.45, 2.75) is 13.3 Å². The number of carbonyl (C=O) groups excluding carboxylic acids is 1. The molecule has 0 saturated carbocycles. The molecule has 0 radical (unpaired) electrons. The highest BCUT2D eigenvalue weighted by Gasteiger charge is 2.16. The molecule has 1 heterocycles. The third-order valence-corrected chi connectivity index (χ3v) is 3.23. The number of carbonyl (C=O) groups is 1. The topological polar surface area (TPSA) is 31.2 Å². The molecule has 0 fully saturated rings. The fourth-order valence-electron chi connectivity index (χ4n) is 2.19. The number of aryl methyl sites for hydroxylation is 1. The highest BCUT2D eigenvalue weighted by Crippen LogP contribution is 2.29. The Hall–Kier alpha value is -1.74. The maximum absolute atomic E-state index is 11.8. The Labute approximate surface area is 117 Å². The molecule has 2 aromatic rings. The molecule has 1 aromatic heterocycles. The van der Waals surface area contributed by atoms with Crippen LogP contribution < -0.4 is 0 Å². The SMILES string of the molecule is CC/C=C/c1cn(C)c2c(C(=O)OC)cc(Cl)cc12. The quantitative estimate of drug-likeness (QED) is 0.793. The van der Waals surface area contributed by atoms with Gasteiger partial charge in [-0.3, -0.25) is 0 Å². The van der Waals surface area contributed by atoms with Gasteiger partial charge in [0.15, 0.2) is 0 Å². The Balaban J connectivity index is 2.75. The molecule has 1 aromatic carbocycles. The Morgan fingerprint density at radius 3 is 2.84 bits per heavy atom. The number of allylic oxidation sites excluding steroid dienone is 1. The van der Waals surface area contributed by atoms with Crippen molar-refractivity contribution in [2.24, 2.45) is 7.05 Å². The van der Waals surface area contributed by atoms with Crippen LogP contribution >= 0.6 is 11.6 Å². The lowest BCUT2D eigenvalue weighted by Gasteiger charge is -2.05. The summed E-state index contributed by atoms with van der Waals surface area (Å²) in [6, 6.07) is 3.52. The molecule has 3 nitrogen and oxygen atoms in total. The molecule has 0 aliphatic carbocycles. The van der Waals surface area contributed by atoms with Crippen molar-refractivity contribution in [3.05, 3.63) is 40.6 Å². The maximum atomic E-state index is 11.8. The summed E-state index contributed by atoms with van der Waals surface area (Å²) in [5, 5.41) is 1.49.